The van der Waals surface area contributed by atoms with Crippen LogP contribution < -0.4 is 24.8 Å². The second-order valence-corrected chi connectivity index (χ2v) is 21.5. The third-order valence-electron chi connectivity index (χ3n) is 7.07. The van der Waals surface area contributed by atoms with E-state index in [1.165, 1.54) is 68.6 Å². The summed E-state index contributed by atoms with van der Waals surface area (Å²) in [6, 6.07) is 33.5. The van der Waals surface area contributed by atoms with Crippen molar-refractivity contribution < 1.29 is 48.1 Å². The molecule has 0 amide bonds. The summed E-state index contributed by atoms with van der Waals surface area (Å²) in [5.74, 6) is 0.573. The largest absolute Gasteiger partial charge is 1.00 e. The van der Waals surface area contributed by atoms with E-state index in [4.69, 9.17) is 0 Å². The fourth-order valence-electron chi connectivity index (χ4n) is 4.79. The molecule has 0 aromatic heterocycles. The molecular weight excluding hydrogens is 635 g/mol. The molecule has 0 aliphatic heterocycles. The number of rotatable bonds is 5. The Kier molecular flexibility index (Phi) is 16.2. The maximum absolute atomic E-state index is 2.35. The normalized spacial score (nSPS) is 10.7. The number of aryl methyl sites for hydroxylation is 1. The van der Waals surface area contributed by atoms with E-state index in [9.17, 15) is 0 Å². The molecule has 218 valence electrons. The van der Waals surface area contributed by atoms with Gasteiger partial charge in [-0.3, -0.25) is 0 Å². The van der Waals surface area contributed by atoms with Gasteiger partial charge in [0.1, 0.15) is 0 Å². The van der Waals surface area contributed by atoms with Crippen molar-refractivity contribution in [2.75, 3.05) is 0 Å². The van der Waals surface area contributed by atoms with E-state index in [0.29, 0.717) is 5.92 Å². The molecule has 0 nitrogen and oxygen atoms in total. The molecule has 4 heteroatoms. The van der Waals surface area contributed by atoms with Crippen LogP contribution in [-0.2, 0) is 35.2 Å². The zero-order valence-electron chi connectivity index (χ0n) is 26.1. The molecule has 0 saturated carbocycles. The molecule has 41 heavy (non-hydrogen) atoms. The van der Waals surface area contributed by atoms with Gasteiger partial charge in [0.25, 0.3) is 0 Å². The molecule has 0 bridgehead atoms. The molecule has 0 aliphatic rings. The monoisotopic (exact) mass is 678 g/mol. The fraction of sp³-hybridized carbons (Fsp3) is 0.351. The molecular formula is C37H46Cl2SiZr-2. The van der Waals surface area contributed by atoms with Crippen LogP contribution in [0.1, 0.15) is 77.0 Å². The molecule has 0 spiro atoms. The molecule has 0 saturated heterocycles. The van der Waals surface area contributed by atoms with Gasteiger partial charge in [-0.1, -0.05) is 103 Å². The van der Waals surface area contributed by atoms with Crippen LogP contribution >= 0.6 is 0 Å². The topological polar surface area (TPSA) is 0 Å². The Bertz CT molecular complexity index is 1480. The summed E-state index contributed by atoms with van der Waals surface area (Å²) in [4.78, 5) is 0. The van der Waals surface area contributed by atoms with E-state index in [1.54, 1.807) is 23.3 Å². The summed E-state index contributed by atoms with van der Waals surface area (Å²) >= 11 is 1.74. The molecule has 0 unspecified atom stereocenters. The van der Waals surface area contributed by atoms with Crippen molar-refractivity contribution in [2.45, 2.75) is 85.2 Å². The molecule has 0 aliphatic carbocycles. The van der Waals surface area contributed by atoms with Gasteiger partial charge in [-0.25, -0.2) is 0 Å². The minimum Gasteiger partial charge on any atom is -1.00 e. The maximum atomic E-state index is 2.35. The summed E-state index contributed by atoms with van der Waals surface area (Å²) in [7, 11) is 0. The number of halogens is 2. The standard InChI is InChI=1S/C22H25.C13H15.C2H6Si.2ClH.Zr/c1-15(2)18-13-17-7-6-8-20(21(17)14-18)16-9-11-19(12-10-16)22(3,4)5;1-2-3-6-11-9-10-12-7-4-5-8-13(11)12;1-3-2;;;/h6-15H,1-5H3;4-5,7-10H,2-3,6H2,1H3;1-2H3;2*1H;/q2*-1;;;;+2/p-2. The first-order valence-electron chi connectivity index (χ1n) is 14.5. The molecule has 0 atom stereocenters. The quantitative estimate of drug-likeness (QED) is 0.174. The van der Waals surface area contributed by atoms with Crippen molar-refractivity contribution >= 4 is 27.0 Å². The number of hydrogen-bond acceptors (Lipinski definition) is 0. The molecule has 0 radical (unpaired) electrons. The predicted molar refractivity (Wildman–Crippen MR) is 173 cm³/mol. The Morgan fingerprint density at radius 3 is 2.02 bits per heavy atom. The predicted octanol–water partition coefficient (Wildman–Crippen LogP) is 5.34. The third kappa shape index (κ3) is 11.0. The van der Waals surface area contributed by atoms with Crippen LogP contribution in [0.15, 0.2) is 91.0 Å². The first-order chi connectivity index (χ1) is 18.5. The second kappa shape index (κ2) is 17.6. The van der Waals surface area contributed by atoms with E-state index >= 15 is 0 Å². The van der Waals surface area contributed by atoms with Gasteiger partial charge in [0.15, 0.2) is 0 Å². The van der Waals surface area contributed by atoms with Gasteiger partial charge < -0.3 is 24.8 Å². The van der Waals surface area contributed by atoms with Crippen molar-refractivity contribution in [2.24, 2.45) is 0 Å². The van der Waals surface area contributed by atoms with E-state index in [-0.39, 0.29) is 35.7 Å². The Morgan fingerprint density at radius 1 is 0.829 bits per heavy atom. The molecule has 5 aromatic rings. The van der Waals surface area contributed by atoms with Crippen LogP contribution in [0.25, 0.3) is 32.7 Å². The number of hydrogen-bond donors (Lipinski definition) is 0. The minimum atomic E-state index is 0. The van der Waals surface area contributed by atoms with Crippen LogP contribution in [0.3, 0.4) is 0 Å². The fourth-order valence-corrected chi connectivity index (χ4v) is 4.79. The minimum absolute atomic E-state index is 0. The summed E-state index contributed by atoms with van der Waals surface area (Å²) in [6.45, 7) is 18.1. The van der Waals surface area contributed by atoms with Gasteiger partial charge in [0.2, 0.25) is 0 Å². The second-order valence-electron chi connectivity index (χ2n) is 12.1. The van der Waals surface area contributed by atoms with E-state index in [2.05, 4.69) is 146 Å². The third-order valence-corrected chi connectivity index (χ3v) is 7.07. The van der Waals surface area contributed by atoms with Crippen molar-refractivity contribution in [1.29, 1.82) is 0 Å². The SMILES string of the molecule is CC(C)c1cc2c(-c3ccc(C(C)(C)C)cc3)cccc2[cH-]1.CCCCc1c[cH-]c2ccccc12.C[Si](C)=[Zr+2].[Cl-].[Cl-]. The van der Waals surface area contributed by atoms with E-state index in [1.807, 2.05) is 0 Å². The smallest absolute Gasteiger partial charge is 1.00 e. The average molecular weight is 681 g/mol. The molecule has 5 rings (SSSR count). The summed E-state index contributed by atoms with van der Waals surface area (Å²) in [5, 5.41) is 5.54. The van der Waals surface area contributed by atoms with Crippen LogP contribution in [0.4, 0.5) is 0 Å². The van der Waals surface area contributed by atoms with Crippen molar-refractivity contribution in [1.82, 2.24) is 0 Å². The average Bonchev–Trinajstić information content (AvgIpc) is 3.52. The summed E-state index contributed by atoms with van der Waals surface area (Å²) < 4.78 is 0. The van der Waals surface area contributed by atoms with E-state index < -0.39 is 0 Å². The number of fused-ring (bicyclic) bond motifs is 2. The summed E-state index contributed by atoms with van der Waals surface area (Å²) in [5.41, 5.74) is 7.38. The van der Waals surface area contributed by atoms with Gasteiger partial charge >= 0.3 is 41.9 Å². The molecule has 0 heterocycles. The zero-order valence-corrected chi connectivity index (χ0v) is 31.1. The van der Waals surface area contributed by atoms with Crippen LogP contribution in [0.5, 0.6) is 0 Å². The van der Waals surface area contributed by atoms with Gasteiger partial charge in [0.05, 0.1) is 0 Å². The first kappa shape index (κ1) is 37.6. The Morgan fingerprint density at radius 2 is 1.44 bits per heavy atom. The summed E-state index contributed by atoms with van der Waals surface area (Å²) in [6.07, 6.45) is 3.80. The van der Waals surface area contributed by atoms with Crippen LogP contribution in [-0.4, -0.2) is 5.43 Å². The van der Waals surface area contributed by atoms with Gasteiger partial charge in [-0.15, -0.1) is 75.6 Å². The zero-order chi connectivity index (χ0) is 28.6. The first-order valence-corrected chi connectivity index (χ1v) is 20.6. The van der Waals surface area contributed by atoms with Gasteiger partial charge in [-0.05, 0) is 22.5 Å². The maximum Gasteiger partial charge on any atom is -1.00 e. The van der Waals surface area contributed by atoms with Crippen molar-refractivity contribution in [3.8, 4) is 11.1 Å². The van der Waals surface area contributed by atoms with Crippen LogP contribution in [0, 0.1) is 0 Å². The Balaban J connectivity index is 0.000000378. The molecule has 0 N–H and O–H groups in total. The number of benzene rings is 3. The van der Waals surface area contributed by atoms with Crippen LogP contribution in [0.2, 0.25) is 13.1 Å². The Hall–Kier alpha value is -1.44. The number of unbranched alkanes of at least 4 members (excludes halogenated alkanes) is 1. The molecule has 5 aromatic carbocycles. The van der Waals surface area contributed by atoms with Gasteiger partial charge in [-0.2, -0.15) is 11.6 Å². The van der Waals surface area contributed by atoms with Crippen molar-refractivity contribution in [3.05, 3.63) is 108 Å². The van der Waals surface area contributed by atoms with Gasteiger partial charge in [0, 0.05) is 0 Å². The Labute approximate surface area is 277 Å². The molecule has 0 fully saturated rings. The van der Waals surface area contributed by atoms with Crippen molar-refractivity contribution in [3.63, 3.8) is 0 Å². The van der Waals surface area contributed by atoms with E-state index in [0.717, 1.165) is 0 Å².